The summed E-state index contributed by atoms with van der Waals surface area (Å²) in [6.07, 6.45) is 4.32. The van der Waals surface area contributed by atoms with Crippen LogP contribution in [0.2, 0.25) is 0 Å². The summed E-state index contributed by atoms with van der Waals surface area (Å²) in [6.45, 7) is 0. The van der Waals surface area contributed by atoms with Crippen LogP contribution in [0.5, 0.6) is 0 Å². The minimum Gasteiger partial charge on any atom is -0.324 e. The van der Waals surface area contributed by atoms with E-state index in [1.54, 1.807) is 0 Å². The Balaban J connectivity index is 1.44. The normalized spacial score (nSPS) is 31.0. The number of rotatable bonds is 3. The van der Waals surface area contributed by atoms with Crippen molar-refractivity contribution >= 4 is 35.2 Å². The van der Waals surface area contributed by atoms with Crippen molar-refractivity contribution in [3.05, 3.63) is 143 Å². The first kappa shape index (κ1) is 25.8. The molecule has 1 amide bonds. The van der Waals surface area contributed by atoms with Crippen LogP contribution >= 0.6 is 11.8 Å². The number of hydrogen-bond donors (Lipinski definition) is 1. The number of Topliss-reactive ketones (excluding diaryl/α,β-unsaturated/α-hetero) is 1. The molecule has 208 valence electrons. The van der Waals surface area contributed by atoms with Crippen molar-refractivity contribution < 1.29 is 9.59 Å². The molecule has 1 aliphatic carbocycles. The summed E-state index contributed by atoms with van der Waals surface area (Å²) in [4.78, 5) is 32.8. The average Bonchev–Trinajstić information content (AvgIpc) is 3.66. The first-order valence-electron chi connectivity index (χ1n) is 14.9. The minimum absolute atomic E-state index is 0.0135. The summed E-state index contributed by atoms with van der Waals surface area (Å²) < 4.78 is 0. The van der Waals surface area contributed by atoms with E-state index in [0.29, 0.717) is 6.42 Å². The van der Waals surface area contributed by atoms with Gasteiger partial charge in [-0.25, -0.2) is 0 Å². The van der Waals surface area contributed by atoms with Gasteiger partial charge in [0, 0.05) is 29.0 Å². The molecule has 0 aromatic heterocycles. The highest BCUT2D eigenvalue weighted by Crippen LogP contribution is 2.73. The second kappa shape index (κ2) is 9.82. The third-order valence-electron chi connectivity index (χ3n) is 9.98. The first-order valence-corrected chi connectivity index (χ1v) is 15.9. The molecule has 1 N–H and O–H groups in total. The maximum absolute atomic E-state index is 15.4. The van der Waals surface area contributed by atoms with Crippen molar-refractivity contribution in [1.29, 1.82) is 0 Å². The number of ketones is 1. The molecule has 4 aromatic rings. The Labute approximate surface area is 250 Å². The fourth-order valence-electron chi connectivity index (χ4n) is 8.57. The Kier molecular flexibility index (Phi) is 6.02. The van der Waals surface area contributed by atoms with E-state index in [0.717, 1.165) is 46.5 Å². The summed E-state index contributed by atoms with van der Waals surface area (Å²) in [6, 6.07) is 39.3. The van der Waals surface area contributed by atoms with Crippen LogP contribution in [0.15, 0.2) is 121 Å². The van der Waals surface area contributed by atoms with Crippen LogP contribution in [-0.2, 0) is 15.1 Å². The highest BCUT2D eigenvalue weighted by molar-refractivity contribution is 7.99. The minimum atomic E-state index is -1.13. The van der Waals surface area contributed by atoms with Crippen LogP contribution in [0.1, 0.15) is 52.8 Å². The van der Waals surface area contributed by atoms with Gasteiger partial charge in [-0.1, -0.05) is 109 Å². The van der Waals surface area contributed by atoms with E-state index in [9.17, 15) is 4.79 Å². The third kappa shape index (κ3) is 3.41. The summed E-state index contributed by atoms with van der Waals surface area (Å²) in [5, 5.41) is 3.24. The molecule has 3 aliphatic heterocycles. The molecule has 4 aromatic carbocycles. The van der Waals surface area contributed by atoms with Crippen molar-refractivity contribution in [2.75, 3.05) is 11.1 Å². The lowest BCUT2D eigenvalue weighted by molar-refractivity contribution is -0.146. The molecule has 0 radical (unpaired) electrons. The number of allylic oxidation sites excluding steroid dienone is 1. The maximum Gasteiger partial charge on any atom is 0.250 e. The SMILES string of the molecule is O=C1/C(=C/c2ccccc2)CCC[C@@]12[C@H](c1ccccc1)[C@H]1CS[C@H](c3ccccc3)N1[C@]21C(=O)Nc2ccccc21. The topological polar surface area (TPSA) is 49.4 Å². The summed E-state index contributed by atoms with van der Waals surface area (Å²) >= 11 is 1.90. The fraction of sp³-hybridized carbons (Fsp3) is 0.243. The largest absolute Gasteiger partial charge is 0.324 e. The molecule has 5 atom stereocenters. The molecule has 3 heterocycles. The van der Waals surface area contributed by atoms with Crippen molar-refractivity contribution in [2.24, 2.45) is 5.41 Å². The lowest BCUT2D eigenvalue weighted by atomic mass is 9.52. The van der Waals surface area contributed by atoms with Gasteiger partial charge in [-0.05, 0) is 53.7 Å². The number of hydrogen-bond acceptors (Lipinski definition) is 4. The van der Waals surface area contributed by atoms with Crippen LogP contribution in [0.25, 0.3) is 6.08 Å². The van der Waals surface area contributed by atoms with Crippen molar-refractivity contribution in [3.63, 3.8) is 0 Å². The molecule has 0 unspecified atom stereocenters. The van der Waals surface area contributed by atoms with Crippen LogP contribution in [-0.4, -0.2) is 28.4 Å². The number of nitrogens with zero attached hydrogens (tertiary/aromatic N) is 1. The Bertz CT molecular complexity index is 1710. The molecule has 42 heavy (non-hydrogen) atoms. The quantitative estimate of drug-likeness (QED) is 0.259. The van der Waals surface area contributed by atoms with Gasteiger partial charge in [0.2, 0.25) is 0 Å². The summed E-state index contributed by atoms with van der Waals surface area (Å²) in [5.41, 5.74) is 3.85. The highest BCUT2D eigenvalue weighted by Gasteiger charge is 2.79. The monoisotopic (exact) mass is 568 g/mol. The van der Waals surface area contributed by atoms with Crippen molar-refractivity contribution in [1.82, 2.24) is 4.90 Å². The standard InChI is InChI=1S/C37H32N2O2S/c40-33-28(23-25-13-4-1-5-14-25)19-12-22-36(33)32(26-15-6-2-7-16-26)31-24-42-34(27-17-8-3-9-18-27)39(31)37(36)29-20-10-11-21-30(29)38-35(37)41/h1-11,13-18,20-21,23,31-32,34H,12,19,22,24H2,(H,38,41)/b28-23+/t31-,32-,34-,36-,37-/m1/s1. The van der Waals surface area contributed by atoms with E-state index in [1.807, 2.05) is 60.3 Å². The molecule has 5 heteroatoms. The van der Waals surface area contributed by atoms with Gasteiger partial charge < -0.3 is 5.32 Å². The zero-order chi connectivity index (χ0) is 28.3. The van der Waals surface area contributed by atoms with Gasteiger partial charge in [0.05, 0.1) is 10.8 Å². The first-order chi connectivity index (χ1) is 20.7. The van der Waals surface area contributed by atoms with Crippen LogP contribution in [0.4, 0.5) is 5.69 Å². The predicted molar refractivity (Wildman–Crippen MR) is 169 cm³/mol. The summed E-state index contributed by atoms with van der Waals surface area (Å²) in [7, 11) is 0. The van der Waals surface area contributed by atoms with Gasteiger partial charge in [-0.3, -0.25) is 14.5 Å². The molecule has 3 fully saturated rings. The Morgan fingerprint density at radius 2 is 1.43 bits per heavy atom. The number of fused-ring (bicyclic) bond motifs is 5. The van der Waals surface area contributed by atoms with Crippen LogP contribution in [0.3, 0.4) is 0 Å². The van der Waals surface area contributed by atoms with Gasteiger partial charge in [-0.15, -0.1) is 11.8 Å². The molecule has 2 saturated heterocycles. The average molecular weight is 569 g/mol. The Hall–Kier alpha value is -3.93. The van der Waals surface area contributed by atoms with E-state index in [4.69, 9.17) is 0 Å². The molecule has 2 spiro atoms. The number of carbonyl (C=O) groups excluding carboxylic acids is 2. The zero-order valence-electron chi connectivity index (χ0n) is 23.3. The van der Waals surface area contributed by atoms with E-state index >= 15 is 4.79 Å². The predicted octanol–water partition coefficient (Wildman–Crippen LogP) is 7.57. The second-order valence-corrected chi connectivity index (χ2v) is 13.0. The van der Waals surface area contributed by atoms with Gasteiger partial charge in [0.15, 0.2) is 5.78 Å². The van der Waals surface area contributed by atoms with Gasteiger partial charge in [0.25, 0.3) is 5.91 Å². The van der Waals surface area contributed by atoms with E-state index < -0.39 is 11.0 Å². The molecular formula is C37H32N2O2S. The van der Waals surface area contributed by atoms with Crippen LogP contribution < -0.4 is 5.32 Å². The molecule has 8 rings (SSSR count). The molecule has 4 aliphatic rings. The summed E-state index contributed by atoms with van der Waals surface area (Å²) in [5.74, 6) is 0.779. The van der Waals surface area contributed by atoms with Crippen molar-refractivity contribution in [2.45, 2.75) is 42.1 Å². The van der Waals surface area contributed by atoms with E-state index in [-0.39, 0.29) is 29.0 Å². The number of amides is 1. The van der Waals surface area contributed by atoms with Crippen molar-refractivity contribution in [3.8, 4) is 0 Å². The molecule has 4 nitrogen and oxygen atoms in total. The van der Waals surface area contributed by atoms with E-state index in [1.165, 1.54) is 5.56 Å². The van der Waals surface area contributed by atoms with Gasteiger partial charge in [-0.2, -0.15) is 0 Å². The number of nitrogens with one attached hydrogen (secondary N) is 1. The van der Waals surface area contributed by atoms with Gasteiger partial charge >= 0.3 is 0 Å². The van der Waals surface area contributed by atoms with E-state index in [2.05, 4.69) is 83.0 Å². The molecule has 0 bridgehead atoms. The lowest BCUT2D eigenvalue weighted by Gasteiger charge is -2.50. The number of carbonyl (C=O) groups is 2. The van der Waals surface area contributed by atoms with Gasteiger partial charge in [0.1, 0.15) is 5.54 Å². The molecule has 1 saturated carbocycles. The number of para-hydroxylation sites is 1. The van der Waals surface area contributed by atoms with Crippen LogP contribution in [0, 0.1) is 5.41 Å². The third-order valence-corrected chi connectivity index (χ3v) is 11.3. The Morgan fingerprint density at radius 3 is 2.17 bits per heavy atom. The smallest absolute Gasteiger partial charge is 0.250 e. The second-order valence-electron chi connectivity index (χ2n) is 11.9. The maximum atomic E-state index is 15.4. The Morgan fingerprint density at radius 1 is 0.786 bits per heavy atom. The number of thioether (sulfide) groups is 1. The number of benzene rings is 4. The number of anilines is 1. The lowest BCUT2D eigenvalue weighted by Crippen LogP contribution is -2.61. The zero-order valence-corrected chi connectivity index (χ0v) is 24.1. The highest BCUT2D eigenvalue weighted by atomic mass is 32.2. The fourth-order valence-corrected chi connectivity index (χ4v) is 10.1. The molecular weight excluding hydrogens is 536 g/mol.